The first-order chi connectivity index (χ1) is 9.38. The van der Waals surface area contributed by atoms with Gasteiger partial charge in [0.15, 0.2) is 0 Å². The van der Waals surface area contributed by atoms with Crippen LogP contribution in [0.3, 0.4) is 0 Å². The fourth-order valence-electron chi connectivity index (χ4n) is 2.52. The minimum Gasteiger partial charge on any atom is -0.339 e. The molecule has 2 N–H and O–H groups in total. The van der Waals surface area contributed by atoms with Crippen molar-refractivity contribution in [3.05, 3.63) is 35.9 Å². The van der Waals surface area contributed by atoms with Crippen molar-refractivity contribution < 1.29 is 13.2 Å². The first-order valence-electron chi connectivity index (χ1n) is 6.73. The van der Waals surface area contributed by atoms with Crippen molar-refractivity contribution in [2.24, 2.45) is 5.14 Å². The maximum atomic E-state index is 11.9. The fraction of sp³-hybridized carbons (Fsp3) is 0.500. The van der Waals surface area contributed by atoms with Gasteiger partial charge in [0, 0.05) is 19.0 Å². The van der Waals surface area contributed by atoms with Crippen molar-refractivity contribution >= 4 is 15.9 Å². The Morgan fingerprint density at radius 3 is 2.55 bits per heavy atom. The van der Waals surface area contributed by atoms with Crippen LogP contribution in [-0.4, -0.2) is 37.1 Å². The number of carbonyl (C=O) groups is 1. The van der Waals surface area contributed by atoms with Crippen molar-refractivity contribution in [2.75, 3.05) is 6.54 Å². The molecule has 0 radical (unpaired) electrons. The number of rotatable bonds is 5. The molecular weight excluding hydrogens is 276 g/mol. The van der Waals surface area contributed by atoms with Crippen molar-refractivity contribution in [1.82, 2.24) is 4.90 Å². The fourth-order valence-corrected chi connectivity index (χ4v) is 3.26. The van der Waals surface area contributed by atoms with E-state index < -0.39 is 15.3 Å². The maximum Gasteiger partial charge on any atom is 0.224 e. The summed E-state index contributed by atoms with van der Waals surface area (Å²) in [4.78, 5) is 13.5. The molecule has 0 spiro atoms. The monoisotopic (exact) mass is 296 g/mol. The van der Waals surface area contributed by atoms with Gasteiger partial charge in [-0.2, -0.15) is 0 Å². The summed E-state index contributed by atoms with van der Waals surface area (Å²) >= 11 is 0. The molecule has 0 aromatic heterocycles. The average Bonchev–Trinajstić information content (AvgIpc) is 2.79. The van der Waals surface area contributed by atoms with Gasteiger partial charge in [-0.3, -0.25) is 4.79 Å². The van der Waals surface area contributed by atoms with Crippen molar-refractivity contribution in [3.63, 3.8) is 0 Å². The van der Waals surface area contributed by atoms with Crippen LogP contribution in [0.1, 0.15) is 25.3 Å². The molecule has 1 aliphatic rings. The molecule has 1 aromatic rings. The Balaban J connectivity index is 1.93. The van der Waals surface area contributed by atoms with Crippen molar-refractivity contribution in [1.29, 1.82) is 0 Å². The van der Waals surface area contributed by atoms with Gasteiger partial charge in [0.25, 0.3) is 0 Å². The molecule has 1 aliphatic heterocycles. The predicted molar refractivity (Wildman–Crippen MR) is 77.5 cm³/mol. The maximum absolute atomic E-state index is 11.9. The van der Waals surface area contributed by atoms with E-state index in [4.69, 9.17) is 5.14 Å². The molecule has 20 heavy (non-hydrogen) atoms. The molecular formula is C14H20N2O3S. The summed E-state index contributed by atoms with van der Waals surface area (Å²) < 4.78 is 22.7. The van der Waals surface area contributed by atoms with E-state index >= 15 is 0 Å². The lowest BCUT2D eigenvalue weighted by molar-refractivity contribution is -0.129. The van der Waals surface area contributed by atoms with Crippen molar-refractivity contribution in [2.45, 2.75) is 37.5 Å². The van der Waals surface area contributed by atoms with Gasteiger partial charge in [0.1, 0.15) is 5.25 Å². The van der Waals surface area contributed by atoms with Gasteiger partial charge in [-0.25, -0.2) is 13.6 Å². The summed E-state index contributed by atoms with van der Waals surface area (Å²) in [5.74, 6) is -0.121. The van der Waals surface area contributed by atoms with Gasteiger partial charge >= 0.3 is 0 Å². The van der Waals surface area contributed by atoms with E-state index in [0.717, 1.165) is 12.8 Å². The first kappa shape index (κ1) is 15.0. The molecule has 5 nitrogen and oxygen atoms in total. The number of hydrogen-bond donors (Lipinski definition) is 1. The van der Waals surface area contributed by atoms with E-state index in [1.165, 1.54) is 5.56 Å². The molecule has 0 bridgehead atoms. The van der Waals surface area contributed by atoms with Crippen LogP contribution < -0.4 is 5.14 Å². The first-order valence-corrected chi connectivity index (χ1v) is 8.34. The van der Waals surface area contributed by atoms with Gasteiger partial charge in [0.2, 0.25) is 15.9 Å². The van der Waals surface area contributed by atoms with Gasteiger partial charge in [-0.1, -0.05) is 30.3 Å². The molecule has 1 fully saturated rings. The van der Waals surface area contributed by atoms with E-state index in [2.05, 4.69) is 0 Å². The van der Waals surface area contributed by atoms with E-state index in [1.54, 1.807) is 4.90 Å². The third-order valence-corrected chi connectivity index (χ3v) is 5.06. The highest BCUT2D eigenvalue weighted by Gasteiger charge is 2.38. The van der Waals surface area contributed by atoms with E-state index in [9.17, 15) is 13.2 Å². The highest BCUT2D eigenvalue weighted by molar-refractivity contribution is 7.89. The minimum absolute atomic E-state index is 0.00844. The Morgan fingerprint density at radius 2 is 2.00 bits per heavy atom. The number of primary sulfonamides is 1. The summed E-state index contributed by atoms with van der Waals surface area (Å²) in [7, 11) is -3.63. The summed E-state index contributed by atoms with van der Waals surface area (Å²) in [6.07, 6.45) is 1.69. The lowest BCUT2D eigenvalue weighted by Crippen LogP contribution is -2.37. The van der Waals surface area contributed by atoms with Gasteiger partial charge in [-0.05, 0) is 25.3 Å². The molecule has 1 amide bonds. The number of nitrogens with zero attached hydrogens (tertiary/aromatic N) is 1. The number of likely N-dealkylation sites (tertiary alicyclic amines) is 1. The van der Waals surface area contributed by atoms with Gasteiger partial charge in [0.05, 0.1) is 0 Å². The van der Waals surface area contributed by atoms with Crippen LogP contribution in [0.5, 0.6) is 0 Å². The molecule has 0 saturated carbocycles. The quantitative estimate of drug-likeness (QED) is 0.876. The number of hydrogen-bond acceptors (Lipinski definition) is 3. The van der Waals surface area contributed by atoms with E-state index in [-0.39, 0.29) is 24.9 Å². The van der Waals surface area contributed by atoms with Crippen LogP contribution in [0.15, 0.2) is 30.3 Å². The largest absolute Gasteiger partial charge is 0.339 e. The zero-order valence-electron chi connectivity index (χ0n) is 11.5. The Kier molecular flexibility index (Phi) is 4.45. The molecule has 2 unspecified atom stereocenters. The SMILES string of the molecule is CC(CCc1ccccc1)N1CC(S(N)(=O)=O)CC1=O. The smallest absolute Gasteiger partial charge is 0.224 e. The second-order valence-electron chi connectivity index (χ2n) is 5.33. The summed E-state index contributed by atoms with van der Waals surface area (Å²) in [5.41, 5.74) is 1.22. The molecule has 1 heterocycles. The predicted octanol–water partition coefficient (Wildman–Crippen LogP) is 0.897. The highest BCUT2D eigenvalue weighted by Crippen LogP contribution is 2.21. The standard InChI is InChI=1S/C14H20N2O3S/c1-11(7-8-12-5-3-2-4-6-12)16-10-13(9-14(16)17)20(15,18)19/h2-6,11,13H,7-10H2,1H3,(H2,15,18,19). The highest BCUT2D eigenvalue weighted by atomic mass is 32.2. The Morgan fingerprint density at radius 1 is 1.35 bits per heavy atom. The minimum atomic E-state index is -3.63. The molecule has 0 aliphatic carbocycles. The van der Waals surface area contributed by atoms with Crippen LogP contribution >= 0.6 is 0 Å². The summed E-state index contributed by atoms with van der Waals surface area (Å²) in [5, 5.41) is 4.37. The third-order valence-electron chi connectivity index (χ3n) is 3.81. The van der Waals surface area contributed by atoms with E-state index in [1.807, 2.05) is 37.3 Å². The molecule has 6 heteroatoms. The Bertz CT molecular complexity index is 571. The second-order valence-corrected chi connectivity index (χ2v) is 7.18. The number of sulfonamides is 1. The number of aryl methyl sites for hydroxylation is 1. The van der Waals surface area contributed by atoms with Crippen LogP contribution in [0, 0.1) is 0 Å². The molecule has 2 atom stereocenters. The Hall–Kier alpha value is -1.40. The van der Waals surface area contributed by atoms with Crippen LogP contribution in [0.4, 0.5) is 0 Å². The molecule has 2 rings (SSSR count). The van der Waals surface area contributed by atoms with Crippen LogP contribution in [-0.2, 0) is 21.2 Å². The number of carbonyl (C=O) groups excluding carboxylic acids is 1. The Labute approximate surface area is 119 Å². The lowest BCUT2D eigenvalue weighted by atomic mass is 10.1. The number of benzene rings is 1. The summed E-state index contributed by atoms with van der Waals surface area (Å²) in [6.45, 7) is 2.17. The molecule has 1 saturated heterocycles. The van der Waals surface area contributed by atoms with Crippen LogP contribution in [0.2, 0.25) is 0 Å². The lowest BCUT2D eigenvalue weighted by Gasteiger charge is -2.24. The average molecular weight is 296 g/mol. The zero-order chi connectivity index (χ0) is 14.8. The number of amides is 1. The second kappa shape index (κ2) is 5.93. The third kappa shape index (κ3) is 3.58. The van der Waals surface area contributed by atoms with Gasteiger partial charge < -0.3 is 4.90 Å². The topological polar surface area (TPSA) is 80.5 Å². The summed E-state index contributed by atoms with van der Waals surface area (Å²) in [6, 6.07) is 10.1. The molecule has 1 aromatic carbocycles. The van der Waals surface area contributed by atoms with Gasteiger partial charge in [-0.15, -0.1) is 0 Å². The van der Waals surface area contributed by atoms with Crippen LogP contribution in [0.25, 0.3) is 0 Å². The van der Waals surface area contributed by atoms with E-state index in [0.29, 0.717) is 0 Å². The number of nitrogens with two attached hydrogens (primary N) is 1. The molecule has 110 valence electrons. The normalized spacial score (nSPS) is 21.2. The zero-order valence-corrected chi connectivity index (χ0v) is 12.3. The van der Waals surface area contributed by atoms with Crippen molar-refractivity contribution in [3.8, 4) is 0 Å².